The number of aryl methyl sites for hydroxylation is 2. The molecule has 2 aliphatic rings. The van der Waals surface area contributed by atoms with Crippen molar-refractivity contribution in [3.63, 3.8) is 0 Å². The van der Waals surface area contributed by atoms with Gasteiger partial charge in [-0.05, 0) is 51.0 Å². The molecule has 8 nitrogen and oxygen atoms in total. The van der Waals surface area contributed by atoms with Gasteiger partial charge in [-0.15, -0.1) is 0 Å². The molecule has 8 heteroatoms. The fourth-order valence-corrected chi connectivity index (χ4v) is 4.11. The molecule has 4 rings (SSSR count). The van der Waals surface area contributed by atoms with E-state index in [4.69, 9.17) is 9.26 Å². The fraction of sp³-hybridized carbons (Fsp3) is 0.522. The van der Waals surface area contributed by atoms with Crippen LogP contribution in [-0.2, 0) is 11.4 Å². The van der Waals surface area contributed by atoms with Crippen molar-refractivity contribution in [3.8, 4) is 5.75 Å². The number of nitrogens with zero attached hydrogens (tertiary/aromatic N) is 4. The molecule has 2 aromatic rings. The normalized spacial score (nSPS) is 17.2. The Morgan fingerprint density at radius 2 is 1.65 bits per heavy atom. The van der Waals surface area contributed by atoms with Crippen molar-refractivity contribution in [2.24, 2.45) is 0 Å². The van der Waals surface area contributed by atoms with E-state index < -0.39 is 0 Å². The highest BCUT2D eigenvalue weighted by molar-refractivity contribution is 5.94. The van der Waals surface area contributed by atoms with Crippen LogP contribution in [0.4, 0.5) is 0 Å². The zero-order chi connectivity index (χ0) is 21.8. The van der Waals surface area contributed by atoms with E-state index in [-0.39, 0.29) is 11.8 Å². The Morgan fingerprint density at radius 3 is 2.26 bits per heavy atom. The Balaban J connectivity index is 1.25. The van der Waals surface area contributed by atoms with Gasteiger partial charge < -0.3 is 19.1 Å². The summed E-state index contributed by atoms with van der Waals surface area (Å²) < 4.78 is 11.0. The second-order valence-corrected chi connectivity index (χ2v) is 8.27. The second-order valence-electron chi connectivity index (χ2n) is 8.27. The minimum atomic E-state index is 0.0165. The molecule has 0 spiro atoms. The molecule has 31 heavy (non-hydrogen) atoms. The summed E-state index contributed by atoms with van der Waals surface area (Å²) in [5.74, 6) is 1.68. The molecule has 0 N–H and O–H groups in total. The van der Waals surface area contributed by atoms with Gasteiger partial charge in [-0.3, -0.25) is 14.5 Å². The van der Waals surface area contributed by atoms with Gasteiger partial charge in [0.25, 0.3) is 5.91 Å². The molecule has 2 fully saturated rings. The van der Waals surface area contributed by atoms with Crippen molar-refractivity contribution < 1.29 is 18.8 Å². The SMILES string of the molecule is Cc1noc(C)c1COc1ccc(C(=O)N2CCN(CC(=O)N3CCCC3)CC2)cc1. The van der Waals surface area contributed by atoms with E-state index in [1.54, 1.807) is 12.1 Å². The lowest BCUT2D eigenvalue weighted by Gasteiger charge is -2.35. The smallest absolute Gasteiger partial charge is 0.253 e. The zero-order valence-electron chi connectivity index (χ0n) is 18.3. The summed E-state index contributed by atoms with van der Waals surface area (Å²) in [5.41, 5.74) is 2.41. The van der Waals surface area contributed by atoms with E-state index in [0.29, 0.717) is 37.6 Å². The Kier molecular flexibility index (Phi) is 6.56. The summed E-state index contributed by atoms with van der Waals surface area (Å²) >= 11 is 0. The summed E-state index contributed by atoms with van der Waals surface area (Å²) in [7, 11) is 0. The van der Waals surface area contributed by atoms with E-state index in [9.17, 15) is 9.59 Å². The lowest BCUT2D eigenvalue weighted by Crippen LogP contribution is -2.51. The van der Waals surface area contributed by atoms with Gasteiger partial charge in [-0.25, -0.2) is 0 Å². The number of carbonyl (C=O) groups excluding carboxylic acids is 2. The summed E-state index contributed by atoms with van der Waals surface area (Å²) in [6.07, 6.45) is 2.22. The first-order valence-electron chi connectivity index (χ1n) is 11.0. The van der Waals surface area contributed by atoms with Crippen LogP contribution in [0.1, 0.15) is 40.2 Å². The number of benzene rings is 1. The molecule has 2 aliphatic heterocycles. The maximum atomic E-state index is 12.9. The molecule has 0 radical (unpaired) electrons. The van der Waals surface area contributed by atoms with Gasteiger partial charge in [0.2, 0.25) is 5.91 Å². The van der Waals surface area contributed by atoms with Crippen LogP contribution in [-0.4, -0.2) is 77.5 Å². The van der Waals surface area contributed by atoms with Gasteiger partial charge in [0, 0.05) is 44.8 Å². The van der Waals surface area contributed by atoms with Crippen molar-refractivity contribution in [3.05, 3.63) is 46.8 Å². The summed E-state index contributed by atoms with van der Waals surface area (Å²) in [5, 5.41) is 3.93. The molecular weight excluding hydrogens is 396 g/mol. The summed E-state index contributed by atoms with van der Waals surface area (Å²) in [4.78, 5) is 31.1. The Bertz CT molecular complexity index is 891. The fourth-order valence-electron chi connectivity index (χ4n) is 4.11. The van der Waals surface area contributed by atoms with Crippen molar-refractivity contribution in [1.82, 2.24) is 19.9 Å². The Labute approximate surface area is 182 Å². The number of carbonyl (C=O) groups is 2. The quantitative estimate of drug-likeness (QED) is 0.705. The molecule has 166 valence electrons. The lowest BCUT2D eigenvalue weighted by molar-refractivity contribution is -0.131. The van der Waals surface area contributed by atoms with Gasteiger partial charge in [0.15, 0.2) is 0 Å². The van der Waals surface area contributed by atoms with Gasteiger partial charge in [0.1, 0.15) is 18.1 Å². The largest absolute Gasteiger partial charge is 0.489 e. The minimum Gasteiger partial charge on any atom is -0.489 e. The molecule has 0 aliphatic carbocycles. The van der Waals surface area contributed by atoms with E-state index in [1.807, 2.05) is 35.8 Å². The van der Waals surface area contributed by atoms with Crippen LogP contribution in [0.25, 0.3) is 0 Å². The molecule has 3 heterocycles. The number of likely N-dealkylation sites (tertiary alicyclic amines) is 1. The summed E-state index contributed by atoms with van der Waals surface area (Å²) in [6.45, 7) is 9.08. The molecule has 1 aromatic carbocycles. The number of rotatable bonds is 6. The average Bonchev–Trinajstić information content (AvgIpc) is 3.43. The first kappa shape index (κ1) is 21.4. The maximum absolute atomic E-state index is 12.9. The maximum Gasteiger partial charge on any atom is 0.253 e. The topological polar surface area (TPSA) is 79.1 Å². The van der Waals surface area contributed by atoms with E-state index >= 15 is 0 Å². The molecule has 0 unspecified atom stereocenters. The number of aromatic nitrogens is 1. The van der Waals surface area contributed by atoms with Crippen LogP contribution in [0.3, 0.4) is 0 Å². The van der Waals surface area contributed by atoms with Crippen molar-refractivity contribution in [2.75, 3.05) is 45.8 Å². The van der Waals surface area contributed by atoms with Crippen LogP contribution in [0.5, 0.6) is 5.75 Å². The van der Waals surface area contributed by atoms with E-state index in [0.717, 1.165) is 56.0 Å². The predicted molar refractivity (Wildman–Crippen MR) is 115 cm³/mol. The lowest BCUT2D eigenvalue weighted by atomic mass is 10.1. The number of hydrogen-bond acceptors (Lipinski definition) is 6. The van der Waals surface area contributed by atoms with Gasteiger partial charge in [-0.2, -0.15) is 0 Å². The highest BCUT2D eigenvalue weighted by atomic mass is 16.5. The highest BCUT2D eigenvalue weighted by Crippen LogP contribution is 2.19. The molecule has 0 saturated carbocycles. The van der Waals surface area contributed by atoms with Crippen LogP contribution in [0.15, 0.2) is 28.8 Å². The molecular formula is C23H30N4O4. The van der Waals surface area contributed by atoms with Crippen molar-refractivity contribution in [1.29, 1.82) is 0 Å². The van der Waals surface area contributed by atoms with Gasteiger partial charge in [-0.1, -0.05) is 5.16 Å². The van der Waals surface area contributed by atoms with Crippen LogP contribution in [0.2, 0.25) is 0 Å². The first-order chi connectivity index (χ1) is 15.0. The van der Waals surface area contributed by atoms with Crippen LogP contribution < -0.4 is 4.74 Å². The Morgan fingerprint density at radius 1 is 0.968 bits per heavy atom. The van der Waals surface area contributed by atoms with Crippen LogP contribution >= 0.6 is 0 Å². The molecule has 2 saturated heterocycles. The monoisotopic (exact) mass is 426 g/mol. The third kappa shape index (κ3) is 5.07. The van der Waals surface area contributed by atoms with E-state index in [1.165, 1.54) is 0 Å². The average molecular weight is 427 g/mol. The number of hydrogen-bond donors (Lipinski definition) is 0. The molecule has 2 amide bonds. The first-order valence-corrected chi connectivity index (χ1v) is 11.0. The van der Waals surface area contributed by atoms with E-state index in [2.05, 4.69) is 10.1 Å². The third-order valence-electron chi connectivity index (χ3n) is 6.14. The summed E-state index contributed by atoms with van der Waals surface area (Å²) in [6, 6.07) is 7.23. The highest BCUT2D eigenvalue weighted by Gasteiger charge is 2.25. The van der Waals surface area contributed by atoms with Gasteiger partial charge >= 0.3 is 0 Å². The standard InChI is InChI=1S/C23H30N4O4/c1-17-21(18(2)31-24-17)16-30-20-7-5-19(6-8-20)23(29)27-13-11-25(12-14-27)15-22(28)26-9-3-4-10-26/h5-8H,3-4,9-16H2,1-2H3. The number of ether oxygens (including phenoxy) is 1. The van der Waals surface area contributed by atoms with Gasteiger partial charge in [0.05, 0.1) is 17.8 Å². The minimum absolute atomic E-state index is 0.0165. The zero-order valence-corrected chi connectivity index (χ0v) is 18.3. The third-order valence-corrected chi connectivity index (χ3v) is 6.14. The number of piperazine rings is 1. The predicted octanol–water partition coefficient (Wildman–Crippen LogP) is 2.25. The molecule has 0 atom stereocenters. The number of amides is 2. The second kappa shape index (κ2) is 9.51. The molecule has 0 bridgehead atoms. The Hall–Kier alpha value is -2.87. The van der Waals surface area contributed by atoms with Crippen LogP contribution in [0, 0.1) is 13.8 Å². The van der Waals surface area contributed by atoms with Crippen molar-refractivity contribution in [2.45, 2.75) is 33.3 Å². The molecule has 1 aromatic heterocycles. The van der Waals surface area contributed by atoms with Crippen molar-refractivity contribution >= 4 is 11.8 Å².